The standard InChI is InChI=1S/C13H20ClN3O.HI/c1-3-8-16-13(15)17-9-10(2)18-12-6-4-11(14)5-7-12;/h4-7,10H,3,8-9H2,1-2H3,(H3,15,16,17);1H. The minimum atomic E-state index is -0.0341. The van der Waals surface area contributed by atoms with Gasteiger partial charge in [-0.3, -0.25) is 0 Å². The third-order valence-corrected chi connectivity index (χ3v) is 2.48. The number of benzene rings is 1. The Morgan fingerprint density at radius 3 is 2.63 bits per heavy atom. The lowest BCUT2D eigenvalue weighted by atomic mass is 10.3. The highest BCUT2D eigenvalue weighted by atomic mass is 127. The Kier molecular flexibility index (Phi) is 9.77. The number of nitrogens with zero attached hydrogens (tertiary/aromatic N) is 1. The largest absolute Gasteiger partial charge is 0.489 e. The zero-order chi connectivity index (χ0) is 13.4. The number of hydrogen-bond donors (Lipinski definition) is 2. The fraction of sp³-hybridized carbons (Fsp3) is 0.462. The second-order valence-corrected chi connectivity index (χ2v) is 4.47. The molecule has 19 heavy (non-hydrogen) atoms. The molecule has 3 N–H and O–H groups in total. The lowest BCUT2D eigenvalue weighted by molar-refractivity contribution is 0.230. The summed E-state index contributed by atoms with van der Waals surface area (Å²) in [5, 5.41) is 3.71. The van der Waals surface area contributed by atoms with Crippen LogP contribution in [0.4, 0.5) is 0 Å². The van der Waals surface area contributed by atoms with Crippen LogP contribution in [0.15, 0.2) is 29.3 Å². The van der Waals surface area contributed by atoms with E-state index >= 15 is 0 Å². The summed E-state index contributed by atoms with van der Waals surface area (Å²) in [7, 11) is 0. The van der Waals surface area contributed by atoms with Crippen LogP contribution in [-0.4, -0.2) is 25.2 Å². The van der Waals surface area contributed by atoms with E-state index in [4.69, 9.17) is 22.1 Å². The Hall–Kier alpha value is -0.690. The van der Waals surface area contributed by atoms with Crippen molar-refractivity contribution in [3.05, 3.63) is 29.3 Å². The molecule has 108 valence electrons. The highest BCUT2D eigenvalue weighted by molar-refractivity contribution is 14.0. The van der Waals surface area contributed by atoms with Crippen LogP contribution >= 0.6 is 35.6 Å². The third kappa shape index (κ3) is 8.15. The van der Waals surface area contributed by atoms with Gasteiger partial charge in [-0.25, -0.2) is 4.99 Å². The first-order valence-electron chi connectivity index (χ1n) is 6.07. The van der Waals surface area contributed by atoms with Crippen LogP contribution in [0.2, 0.25) is 5.02 Å². The van der Waals surface area contributed by atoms with Crippen molar-refractivity contribution in [2.75, 3.05) is 13.1 Å². The van der Waals surface area contributed by atoms with Gasteiger partial charge in [0.25, 0.3) is 0 Å². The van der Waals surface area contributed by atoms with Crippen LogP contribution < -0.4 is 15.8 Å². The summed E-state index contributed by atoms with van der Waals surface area (Å²) in [6, 6.07) is 7.26. The molecule has 1 atom stereocenters. The lowest BCUT2D eigenvalue weighted by Gasteiger charge is -2.13. The first kappa shape index (κ1) is 18.3. The van der Waals surface area contributed by atoms with Gasteiger partial charge in [-0.1, -0.05) is 18.5 Å². The van der Waals surface area contributed by atoms with Crippen molar-refractivity contribution in [1.29, 1.82) is 0 Å². The van der Waals surface area contributed by atoms with Crippen molar-refractivity contribution in [1.82, 2.24) is 5.32 Å². The number of aliphatic imine (C=N–C) groups is 1. The molecule has 0 saturated carbocycles. The molecule has 0 amide bonds. The van der Waals surface area contributed by atoms with Gasteiger partial charge in [-0.05, 0) is 37.6 Å². The van der Waals surface area contributed by atoms with Crippen molar-refractivity contribution < 1.29 is 4.74 Å². The van der Waals surface area contributed by atoms with Gasteiger partial charge in [0.2, 0.25) is 0 Å². The number of hydrogen-bond acceptors (Lipinski definition) is 2. The van der Waals surface area contributed by atoms with Gasteiger partial charge in [-0.2, -0.15) is 0 Å². The molecule has 1 aromatic rings. The van der Waals surface area contributed by atoms with E-state index in [1.54, 1.807) is 12.1 Å². The van der Waals surface area contributed by atoms with E-state index in [1.165, 1.54) is 0 Å². The van der Waals surface area contributed by atoms with Gasteiger partial charge in [0, 0.05) is 11.6 Å². The maximum atomic E-state index is 5.80. The highest BCUT2D eigenvalue weighted by Gasteiger charge is 2.03. The van der Waals surface area contributed by atoms with Crippen LogP contribution in [0, 0.1) is 0 Å². The molecule has 0 aromatic heterocycles. The summed E-state index contributed by atoms with van der Waals surface area (Å²) in [5.74, 6) is 1.24. The van der Waals surface area contributed by atoms with Gasteiger partial charge in [0.1, 0.15) is 11.9 Å². The van der Waals surface area contributed by atoms with Crippen molar-refractivity contribution in [3.8, 4) is 5.75 Å². The number of rotatable bonds is 6. The number of halogens is 2. The fourth-order valence-electron chi connectivity index (χ4n) is 1.32. The van der Waals surface area contributed by atoms with Gasteiger partial charge in [-0.15, -0.1) is 24.0 Å². The number of guanidine groups is 1. The highest BCUT2D eigenvalue weighted by Crippen LogP contribution is 2.16. The van der Waals surface area contributed by atoms with Crippen LogP contribution in [0.3, 0.4) is 0 Å². The Bertz CT molecular complexity index is 384. The molecule has 6 heteroatoms. The molecular weight excluding hydrogens is 377 g/mol. The van der Waals surface area contributed by atoms with E-state index in [0.29, 0.717) is 17.5 Å². The molecule has 0 bridgehead atoms. The summed E-state index contributed by atoms with van der Waals surface area (Å²) in [6.45, 7) is 5.38. The summed E-state index contributed by atoms with van der Waals surface area (Å²) in [4.78, 5) is 4.21. The van der Waals surface area contributed by atoms with E-state index in [9.17, 15) is 0 Å². The lowest BCUT2D eigenvalue weighted by Crippen LogP contribution is -2.33. The molecule has 0 aliphatic carbocycles. The number of nitrogens with one attached hydrogen (secondary N) is 1. The summed E-state index contributed by atoms with van der Waals surface area (Å²) in [6.07, 6.45) is 0.987. The zero-order valence-electron chi connectivity index (χ0n) is 11.2. The van der Waals surface area contributed by atoms with Gasteiger partial charge < -0.3 is 15.8 Å². The predicted molar refractivity (Wildman–Crippen MR) is 91.7 cm³/mol. The third-order valence-electron chi connectivity index (χ3n) is 2.23. The molecule has 0 saturated heterocycles. The van der Waals surface area contributed by atoms with Crippen LogP contribution in [0.1, 0.15) is 20.3 Å². The average molecular weight is 398 g/mol. The summed E-state index contributed by atoms with van der Waals surface area (Å²) >= 11 is 5.80. The van der Waals surface area contributed by atoms with Gasteiger partial charge >= 0.3 is 0 Å². The molecule has 4 nitrogen and oxygen atoms in total. The average Bonchev–Trinajstić information content (AvgIpc) is 2.36. The quantitative estimate of drug-likeness (QED) is 0.441. The smallest absolute Gasteiger partial charge is 0.188 e. The molecule has 1 rings (SSSR count). The van der Waals surface area contributed by atoms with Crippen molar-refractivity contribution in [3.63, 3.8) is 0 Å². The van der Waals surface area contributed by atoms with Gasteiger partial charge in [0.15, 0.2) is 5.96 Å². The monoisotopic (exact) mass is 397 g/mol. The maximum absolute atomic E-state index is 5.80. The van der Waals surface area contributed by atoms with E-state index in [1.807, 2.05) is 19.1 Å². The minimum absolute atomic E-state index is 0. The second-order valence-electron chi connectivity index (χ2n) is 4.04. The molecule has 0 radical (unpaired) electrons. The van der Waals surface area contributed by atoms with Crippen LogP contribution in [-0.2, 0) is 0 Å². The summed E-state index contributed by atoms with van der Waals surface area (Å²) in [5.41, 5.74) is 5.69. The Labute approximate surface area is 136 Å². The van der Waals surface area contributed by atoms with Crippen molar-refractivity contribution >= 4 is 41.5 Å². The first-order chi connectivity index (χ1) is 8.61. The Balaban J connectivity index is 0.00000324. The molecule has 0 heterocycles. The molecule has 0 fully saturated rings. The van der Waals surface area contributed by atoms with Crippen LogP contribution in [0.25, 0.3) is 0 Å². The second kappa shape index (κ2) is 10.1. The van der Waals surface area contributed by atoms with Crippen LogP contribution in [0.5, 0.6) is 5.75 Å². The van der Waals surface area contributed by atoms with E-state index in [2.05, 4.69) is 17.2 Å². The molecule has 1 unspecified atom stereocenters. The van der Waals surface area contributed by atoms with Crippen molar-refractivity contribution in [2.45, 2.75) is 26.4 Å². The first-order valence-corrected chi connectivity index (χ1v) is 6.45. The predicted octanol–water partition coefficient (Wildman–Crippen LogP) is 3.04. The maximum Gasteiger partial charge on any atom is 0.188 e. The van der Waals surface area contributed by atoms with Gasteiger partial charge in [0.05, 0.1) is 6.54 Å². The Morgan fingerprint density at radius 1 is 1.42 bits per heavy atom. The van der Waals surface area contributed by atoms with E-state index in [-0.39, 0.29) is 30.1 Å². The number of nitrogens with two attached hydrogens (primary N) is 1. The zero-order valence-corrected chi connectivity index (χ0v) is 14.3. The van der Waals surface area contributed by atoms with E-state index in [0.717, 1.165) is 18.7 Å². The summed E-state index contributed by atoms with van der Waals surface area (Å²) < 4.78 is 5.68. The molecule has 0 aliphatic rings. The molecule has 0 spiro atoms. The normalized spacial score (nSPS) is 12.5. The molecule has 1 aromatic carbocycles. The van der Waals surface area contributed by atoms with E-state index < -0.39 is 0 Å². The fourth-order valence-corrected chi connectivity index (χ4v) is 1.44. The topological polar surface area (TPSA) is 59.6 Å². The SMILES string of the molecule is CCCNC(N)=NCC(C)Oc1ccc(Cl)cc1.I. The van der Waals surface area contributed by atoms with Crippen molar-refractivity contribution in [2.24, 2.45) is 10.7 Å². The number of ether oxygens (including phenoxy) is 1. The minimum Gasteiger partial charge on any atom is -0.489 e. The molecular formula is C13H21ClIN3O. The molecule has 0 aliphatic heterocycles. The Morgan fingerprint density at radius 2 is 2.05 bits per heavy atom.